The summed E-state index contributed by atoms with van der Waals surface area (Å²) in [4.78, 5) is 17.5. The molecular weight excluding hydrogens is 244 g/mol. The number of nitrogens with zero attached hydrogens (tertiary/aromatic N) is 2. The van der Waals surface area contributed by atoms with Crippen LogP contribution in [0.25, 0.3) is 0 Å². The Labute approximate surface area is 113 Å². The zero-order chi connectivity index (χ0) is 14.3. The van der Waals surface area contributed by atoms with Gasteiger partial charge in [0.05, 0.1) is 11.2 Å². The second-order valence-corrected chi connectivity index (χ2v) is 6.16. The van der Waals surface area contributed by atoms with Gasteiger partial charge in [0.1, 0.15) is 11.4 Å². The summed E-state index contributed by atoms with van der Waals surface area (Å²) in [5.74, 6) is -0.440. The highest BCUT2D eigenvalue weighted by atomic mass is 16.5. The smallest absolute Gasteiger partial charge is 0.339 e. The second-order valence-electron chi connectivity index (χ2n) is 6.16. The average Bonchev–Trinajstić information content (AvgIpc) is 2.24. The number of morpholine rings is 1. The van der Waals surface area contributed by atoms with E-state index in [4.69, 9.17) is 4.74 Å². The maximum absolute atomic E-state index is 11.3. The van der Waals surface area contributed by atoms with Crippen molar-refractivity contribution in [3.8, 4) is 0 Å². The number of carbonyl (C=O) groups is 1. The lowest BCUT2D eigenvalue weighted by atomic mass is 9.98. The molecule has 0 aliphatic carbocycles. The minimum atomic E-state index is -0.954. The number of carboxylic acids is 1. The molecule has 1 aromatic rings. The average molecular weight is 264 g/mol. The molecule has 0 atom stereocenters. The molecule has 0 bridgehead atoms. The Morgan fingerprint density at radius 1 is 1.32 bits per heavy atom. The van der Waals surface area contributed by atoms with Crippen molar-refractivity contribution in [2.24, 2.45) is 0 Å². The number of anilines is 1. The fourth-order valence-electron chi connectivity index (χ4n) is 2.75. The van der Waals surface area contributed by atoms with Gasteiger partial charge in [-0.25, -0.2) is 9.78 Å². The zero-order valence-electron chi connectivity index (χ0n) is 11.8. The lowest BCUT2D eigenvalue weighted by Crippen LogP contribution is -2.57. The molecule has 5 heteroatoms. The monoisotopic (exact) mass is 264 g/mol. The van der Waals surface area contributed by atoms with E-state index in [1.165, 1.54) is 0 Å². The van der Waals surface area contributed by atoms with Crippen molar-refractivity contribution in [1.82, 2.24) is 4.98 Å². The first kappa shape index (κ1) is 13.8. The van der Waals surface area contributed by atoms with Gasteiger partial charge < -0.3 is 14.7 Å². The van der Waals surface area contributed by atoms with Crippen LogP contribution in [0.2, 0.25) is 0 Å². The molecule has 1 fully saturated rings. The lowest BCUT2D eigenvalue weighted by molar-refractivity contribution is -0.133. The van der Waals surface area contributed by atoms with Gasteiger partial charge in [0, 0.05) is 19.3 Å². The molecule has 1 saturated heterocycles. The first-order valence-electron chi connectivity index (χ1n) is 6.34. The van der Waals surface area contributed by atoms with E-state index in [-0.39, 0.29) is 16.8 Å². The molecule has 0 amide bonds. The van der Waals surface area contributed by atoms with Crippen LogP contribution in [-0.4, -0.2) is 40.4 Å². The number of hydrogen-bond donors (Lipinski definition) is 1. The zero-order valence-corrected chi connectivity index (χ0v) is 11.8. The van der Waals surface area contributed by atoms with E-state index in [2.05, 4.69) is 4.98 Å². The molecule has 104 valence electrons. The molecule has 2 rings (SSSR count). The standard InChI is InChI=1S/C14H20N2O3/c1-13(2)8-16(9-14(3,4)19-13)11-10(12(17)18)6-5-7-15-11/h5-7H,8-9H2,1-4H3,(H,17,18). The Hall–Kier alpha value is -1.62. The summed E-state index contributed by atoms with van der Waals surface area (Å²) in [6.07, 6.45) is 1.62. The van der Waals surface area contributed by atoms with Crippen molar-refractivity contribution < 1.29 is 14.6 Å². The summed E-state index contributed by atoms with van der Waals surface area (Å²) in [5.41, 5.74) is -0.444. The van der Waals surface area contributed by atoms with Crippen molar-refractivity contribution in [2.75, 3.05) is 18.0 Å². The SMILES string of the molecule is CC1(C)CN(c2ncccc2C(=O)O)CC(C)(C)O1. The van der Waals surface area contributed by atoms with E-state index in [0.29, 0.717) is 18.9 Å². The quantitative estimate of drug-likeness (QED) is 0.887. The van der Waals surface area contributed by atoms with E-state index >= 15 is 0 Å². The molecule has 1 aliphatic heterocycles. The van der Waals surface area contributed by atoms with Gasteiger partial charge in [-0.15, -0.1) is 0 Å². The number of aromatic nitrogens is 1. The van der Waals surface area contributed by atoms with E-state index in [1.807, 2.05) is 32.6 Å². The number of rotatable bonds is 2. The molecule has 0 unspecified atom stereocenters. The highest BCUT2D eigenvalue weighted by molar-refractivity contribution is 5.93. The normalized spacial score (nSPS) is 21.2. The molecule has 1 aromatic heterocycles. The van der Waals surface area contributed by atoms with Gasteiger partial charge in [-0.1, -0.05) is 0 Å². The molecule has 19 heavy (non-hydrogen) atoms. The van der Waals surface area contributed by atoms with Crippen molar-refractivity contribution in [3.05, 3.63) is 23.9 Å². The highest BCUT2D eigenvalue weighted by Crippen LogP contribution is 2.31. The number of ether oxygens (including phenoxy) is 1. The third kappa shape index (κ3) is 3.04. The van der Waals surface area contributed by atoms with Crippen molar-refractivity contribution >= 4 is 11.8 Å². The summed E-state index contributed by atoms with van der Waals surface area (Å²) in [7, 11) is 0. The van der Waals surface area contributed by atoms with Gasteiger partial charge in [0.25, 0.3) is 0 Å². The van der Waals surface area contributed by atoms with Crippen LogP contribution in [-0.2, 0) is 4.74 Å². The van der Waals surface area contributed by atoms with E-state index in [1.54, 1.807) is 18.3 Å². The van der Waals surface area contributed by atoms with Crippen LogP contribution in [0.5, 0.6) is 0 Å². The minimum absolute atomic E-state index is 0.232. The highest BCUT2D eigenvalue weighted by Gasteiger charge is 2.39. The summed E-state index contributed by atoms with van der Waals surface area (Å²) < 4.78 is 6.00. The van der Waals surface area contributed by atoms with Crippen LogP contribution in [0, 0.1) is 0 Å². The summed E-state index contributed by atoms with van der Waals surface area (Å²) in [6.45, 7) is 9.25. The first-order valence-corrected chi connectivity index (χ1v) is 6.34. The summed E-state index contributed by atoms with van der Waals surface area (Å²) >= 11 is 0. The molecule has 5 nitrogen and oxygen atoms in total. The van der Waals surface area contributed by atoms with Crippen LogP contribution < -0.4 is 4.90 Å². The third-order valence-electron chi connectivity index (χ3n) is 3.01. The molecule has 0 spiro atoms. The summed E-state index contributed by atoms with van der Waals surface area (Å²) in [5, 5.41) is 9.26. The van der Waals surface area contributed by atoms with Crippen LogP contribution >= 0.6 is 0 Å². The fraction of sp³-hybridized carbons (Fsp3) is 0.571. The summed E-state index contributed by atoms with van der Waals surface area (Å²) in [6, 6.07) is 3.23. The third-order valence-corrected chi connectivity index (χ3v) is 3.01. The van der Waals surface area contributed by atoms with Crippen LogP contribution in [0.3, 0.4) is 0 Å². The predicted octanol–water partition coefficient (Wildman–Crippen LogP) is 2.17. The molecule has 1 aliphatic rings. The Kier molecular flexibility index (Phi) is 3.26. The Bertz CT molecular complexity index is 481. The predicted molar refractivity (Wildman–Crippen MR) is 72.7 cm³/mol. The first-order chi connectivity index (χ1) is 8.70. The molecule has 1 N–H and O–H groups in total. The molecule has 0 saturated carbocycles. The van der Waals surface area contributed by atoms with Gasteiger partial charge in [0.2, 0.25) is 0 Å². The van der Waals surface area contributed by atoms with Crippen molar-refractivity contribution in [1.29, 1.82) is 0 Å². The number of pyridine rings is 1. The number of aromatic carboxylic acids is 1. The van der Waals surface area contributed by atoms with Crippen molar-refractivity contribution in [3.63, 3.8) is 0 Å². The largest absolute Gasteiger partial charge is 0.478 e. The van der Waals surface area contributed by atoms with Crippen molar-refractivity contribution in [2.45, 2.75) is 38.9 Å². The molecule has 0 aromatic carbocycles. The maximum Gasteiger partial charge on any atom is 0.339 e. The van der Waals surface area contributed by atoms with Crippen LogP contribution in [0.15, 0.2) is 18.3 Å². The number of hydrogen-bond acceptors (Lipinski definition) is 4. The minimum Gasteiger partial charge on any atom is -0.478 e. The van der Waals surface area contributed by atoms with Gasteiger partial charge in [-0.3, -0.25) is 0 Å². The van der Waals surface area contributed by atoms with E-state index < -0.39 is 5.97 Å². The molecule has 0 radical (unpaired) electrons. The Morgan fingerprint density at radius 2 is 1.89 bits per heavy atom. The Morgan fingerprint density at radius 3 is 2.42 bits per heavy atom. The van der Waals surface area contributed by atoms with Gasteiger partial charge in [0.15, 0.2) is 0 Å². The maximum atomic E-state index is 11.3. The topological polar surface area (TPSA) is 62.7 Å². The lowest BCUT2D eigenvalue weighted by Gasteiger charge is -2.47. The van der Waals surface area contributed by atoms with Crippen LogP contribution in [0.4, 0.5) is 5.82 Å². The number of carboxylic acid groups (broad SMARTS) is 1. The van der Waals surface area contributed by atoms with E-state index in [9.17, 15) is 9.90 Å². The van der Waals surface area contributed by atoms with E-state index in [0.717, 1.165) is 0 Å². The van der Waals surface area contributed by atoms with Crippen LogP contribution in [0.1, 0.15) is 38.1 Å². The Balaban J connectivity index is 2.39. The van der Waals surface area contributed by atoms with Gasteiger partial charge >= 0.3 is 5.97 Å². The van der Waals surface area contributed by atoms with Gasteiger partial charge in [-0.05, 0) is 39.8 Å². The molecular formula is C14H20N2O3. The molecule has 2 heterocycles. The van der Waals surface area contributed by atoms with Gasteiger partial charge in [-0.2, -0.15) is 0 Å². The fourth-order valence-corrected chi connectivity index (χ4v) is 2.75. The second kappa shape index (κ2) is 4.49.